The highest BCUT2D eigenvalue weighted by Gasteiger charge is 2.32. The second-order valence-electron chi connectivity index (χ2n) is 6.04. The van der Waals surface area contributed by atoms with Crippen molar-refractivity contribution >= 4 is 12.0 Å². The van der Waals surface area contributed by atoms with E-state index in [4.69, 9.17) is 4.74 Å². The summed E-state index contributed by atoms with van der Waals surface area (Å²) in [6.07, 6.45) is -0.782. The summed E-state index contributed by atoms with van der Waals surface area (Å²) in [5.74, 6) is 4.31. The van der Waals surface area contributed by atoms with Crippen molar-refractivity contribution in [2.24, 2.45) is 0 Å². The Morgan fingerprint density at radius 3 is 2.62 bits per heavy atom. The number of nitrogens with one attached hydrogen (secondary N) is 1. The van der Waals surface area contributed by atoms with Crippen molar-refractivity contribution in [2.75, 3.05) is 13.1 Å². The van der Waals surface area contributed by atoms with Crippen LogP contribution in [0, 0.1) is 11.8 Å². The maximum Gasteiger partial charge on any atom is 0.410 e. The van der Waals surface area contributed by atoms with E-state index in [1.54, 1.807) is 27.7 Å². The topological polar surface area (TPSA) is 58.6 Å². The van der Waals surface area contributed by atoms with Crippen LogP contribution in [-0.2, 0) is 9.53 Å². The number of amides is 2. The van der Waals surface area contributed by atoms with E-state index in [2.05, 4.69) is 17.2 Å². The van der Waals surface area contributed by atoms with Crippen molar-refractivity contribution in [1.82, 2.24) is 10.2 Å². The van der Waals surface area contributed by atoms with Crippen molar-refractivity contribution in [1.29, 1.82) is 0 Å². The second-order valence-corrected chi connectivity index (χ2v) is 6.04. The SMILES string of the molecule is CC#CC(=O)NC1CCCN(C(=O)OC(C)(C)C)CC1F. The van der Waals surface area contributed by atoms with Gasteiger partial charge in [0.1, 0.15) is 11.8 Å². The number of alkyl halides is 1. The number of carbonyl (C=O) groups excluding carboxylic acids is 2. The Balaban J connectivity index is 2.62. The molecular formula is C15H23FN2O3. The molecule has 0 aliphatic carbocycles. The Morgan fingerprint density at radius 2 is 2.05 bits per heavy atom. The van der Waals surface area contributed by atoms with Crippen molar-refractivity contribution < 1.29 is 18.7 Å². The van der Waals surface area contributed by atoms with Crippen LogP contribution >= 0.6 is 0 Å². The molecule has 0 saturated carbocycles. The molecule has 0 aromatic heterocycles. The van der Waals surface area contributed by atoms with Gasteiger partial charge >= 0.3 is 6.09 Å². The van der Waals surface area contributed by atoms with Gasteiger partial charge in [-0.3, -0.25) is 4.79 Å². The van der Waals surface area contributed by atoms with Gasteiger partial charge in [0, 0.05) is 6.54 Å². The molecule has 118 valence electrons. The first kappa shape index (κ1) is 17.3. The molecule has 2 amide bonds. The molecule has 1 fully saturated rings. The highest BCUT2D eigenvalue weighted by atomic mass is 19.1. The quantitative estimate of drug-likeness (QED) is 0.752. The van der Waals surface area contributed by atoms with Crippen molar-refractivity contribution in [3.05, 3.63) is 0 Å². The highest BCUT2D eigenvalue weighted by Crippen LogP contribution is 2.17. The minimum Gasteiger partial charge on any atom is -0.444 e. The first-order valence-electron chi connectivity index (χ1n) is 7.08. The molecule has 1 heterocycles. The van der Waals surface area contributed by atoms with Crippen molar-refractivity contribution in [3.8, 4) is 11.8 Å². The van der Waals surface area contributed by atoms with Gasteiger partial charge in [-0.2, -0.15) is 0 Å². The fraction of sp³-hybridized carbons (Fsp3) is 0.733. The van der Waals surface area contributed by atoms with Crippen molar-refractivity contribution in [3.63, 3.8) is 0 Å². The molecule has 1 N–H and O–H groups in total. The van der Waals surface area contributed by atoms with E-state index in [-0.39, 0.29) is 6.54 Å². The van der Waals surface area contributed by atoms with Crippen LogP contribution in [-0.4, -0.2) is 47.8 Å². The van der Waals surface area contributed by atoms with Gasteiger partial charge in [0.25, 0.3) is 5.91 Å². The lowest BCUT2D eigenvalue weighted by Crippen LogP contribution is -2.45. The fourth-order valence-electron chi connectivity index (χ4n) is 2.08. The maximum atomic E-state index is 14.2. The third kappa shape index (κ3) is 6.03. The Morgan fingerprint density at radius 1 is 1.38 bits per heavy atom. The lowest BCUT2D eigenvalue weighted by molar-refractivity contribution is -0.116. The van der Waals surface area contributed by atoms with Gasteiger partial charge in [-0.05, 0) is 46.5 Å². The molecule has 0 radical (unpaired) electrons. The van der Waals surface area contributed by atoms with Crippen LogP contribution in [0.2, 0.25) is 0 Å². The van der Waals surface area contributed by atoms with E-state index in [1.165, 1.54) is 4.90 Å². The molecule has 0 aromatic rings. The molecule has 0 aromatic carbocycles. The van der Waals surface area contributed by atoms with Gasteiger partial charge in [0.2, 0.25) is 0 Å². The average molecular weight is 298 g/mol. The molecule has 6 heteroatoms. The summed E-state index contributed by atoms with van der Waals surface area (Å²) in [4.78, 5) is 24.7. The van der Waals surface area contributed by atoms with E-state index >= 15 is 0 Å². The van der Waals surface area contributed by atoms with E-state index in [9.17, 15) is 14.0 Å². The maximum absolute atomic E-state index is 14.2. The van der Waals surface area contributed by atoms with E-state index in [1.807, 2.05) is 0 Å². The largest absolute Gasteiger partial charge is 0.444 e. The number of ether oxygens (including phenoxy) is 1. The number of rotatable bonds is 1. The van der Waals surface area contributed by atoms with Gasteiger partial charge in [0.15, 0.2) is 0 Å². The monoisotopic (exact) mass is 298 g/mol. The van der Waals surface area contributed by atoms with Crippen LogP contribution in [0.1, 0.15) is 40.5 Å². The Kier molecular flexibility index (Phi) is 6.01. The fourth-order valence-corrected chi connectivity index (χ4v) is 2.08. The predicted molar refractivity (Wildman–Crippen MR) is 77.3 cm³/mol. The molecule has 2 atom stereocenters. The summed E-state index contributed by atoms with van der Waals surface area (Å²) in [6, 6.07) is -0.620. The van der Waals surface area contributed by atoms with E-state index in [0.29, 0.717) is 19.4 Å². The zero-order valence-corrected chi connectivity index (χ0v) is 13.0. The van der Waals surface area contributed by atoms with Gasteiger partial charge in [0.05, 0.1) is 12.6 Å². The summed E-state index contributed by atoms with van der Waals surface area (Å²) in [5.41, 5.74) is -0.612. The van der Waals surface area contributed by atoms with Crippen molar-refractivity contribution in [2.45, 2.75) is 58.4 Å². The highest BCUT2D eigenvalue weighted by molar-refractivity contribution is 5.93. The lowest BCUT2D eigenvalue weighted by Gasteiger charge is -2.27. The number of hydrogen-bond donors (Lipinski definition) is 1. The van der Waals surface area contributed by atoms with E-state index in [0.717, 1.165) is 0 Å². The molecule has 5 nitrogen and oxygen atoms in total. The third-order valence-corrected chi connectivity index (χ3v) is 2.98. The smallest absolute Gasteiger partial charge is 0.410 e. The molecule has 0 bridgehead atoms. The predicted octanol–water partition coefficient (Wildman–Crippen LogP) is 1.86. The zero-order chi connectivity index (χ0) is 16.0. The lowest BCUT2D eigenvalue weighted by atomic mass is 10.1. The second kappa shape index (κ2) is 7.30. The summed E-state index contributed by atoms with van der Waals surface area (Å²) in [5, 5.41) is 2.55. The van der Waals surface area contributed by atoms with Crippen LogP contribution in [0.4, 0.5) is 9.18 Å². The molecule has 0 spiro atoms. The number of nitrogens with zero attached hydrogens (tertiary/aromatic N) is 1. The summed E-state index contributed by atoms with van der Waals surface area (Å²) >= 11 is 0. The molecule has 2 unspecified atom stereocenters. The minimum absolute atomic E-state index is 0.0839. The molecule has 1 rings (SSSR count). The summed E-state index contributed by atoms with van der Waals surface area (Å²) < 4.78 is 19.5. The van der Waals surface area contributed by atoms with Crippen LogP contribution < -0.4 is 5.32 Å². The molecule has 1 aliphatic rings. The Labute approximate surface area is 125 Å². The average Bonchev–Trinajstić information content (AvgIpc) is 2.50. The third-order valence-electron chi connectivity index (χ3n) is 2.98. The molecule has 21 heavy (non-hydrogen) atoms. The summed E-state index contributed by atoms with van der Waals surface area (Å²) in [7, 11) is 0. The number of likely N-dealkylation sites (tertiary alicyclic amines) is 1. The first-order valence-corrected chi connectivity index (χ1v) is 7.08. The standard InChI is InChI=1S/C15H23FN2O3/c1-5-7-13(19)17-12-8-6-9-18(10-11(12)16)14(20)21-15(2,3)4/h11-12H,6,8-10H2,1-4H3,(H,17,19). The van der Waals surface area contributed by atoms with Crippen LogP contribution in [0.25, 0.3) is 0 Å². The minimum atomic E-state index is -1.33. The summed E-state index contributed by atoms with van der Waals surface area (Å²) in [6.45, 7) is 7.18. The van der Waals surface area contributed by atoms with Gasteiger partial charge in [-0.25, -0.2) is 9.18 Å². The van der Waals surface area contributed by atoms with Gasteiger partial charge in [-0.1, -0.05) is 5.92 Å². The zero-order valence-electron chi connectivity index (χ0n) is 13.0. The molecule has 1 aliphatic heterocycles. The normalized spacial score (nSPS) is 22.6. The Bertz CT molecular complexity index is 448. The van der Waals surface area contributed by atoms with E-state index < -0.39 is 29.8 Å². The molecular weight excluding hydrogens is 275 g/mol. The Hall–Kier alpha value is -1.77. The molecule has 1 saturated heterocycles. The van der Waals surface area contributed by atoms with Gasteiger partial charge < -0.3 is 15.0 Å². The number of hydrogen-bond acceptors (Lipinski definition) is 3. The van der Waals surface area contributed by atoms with Gasteiger partial charge in [-0.15, -0.1) is 0 Å². The van der Waals surface area contributed by atoms with Crippen LogP contribution in [0.3, 0.4) is 0 Å². The number of halogens is 1. The van der Waals surface area contributed by atoms with Crippen LogP contribution in [0.5, 0.6) is 0 Å². The van der Waals surface area contributed by atoms with Crippen LogP contribution in [0.15, 0.2) is 0 Å². The first-order chi connectivity index (χ1) is 9.73. The number of carbonyl (C=O) groups is 2.